The predicted octanol–water partition coefficient (Wildman–Crippen LogP) is -1.90. The molecule has 0 aliphatic rings. The second-order valence-corrected chi connectivity index (χ2v) is 1.86. The van der Waals surface area contributed by atoms with Gasteiger partial charge in [0, 0.05) is 29.2 Å². The molecule has 0 amide bonds. The molecule has 0 saturated carbocycles. The second-order valence-electron chi connectivity index (χ2n) is 1.29. The van der Waals surface area contributed by atoms with Gasteiger partial charge in [0.1, 0.15) is 0 Å². The molecule has 0 aliphatic carbocycles. The Kier molecular flexibility index (Phi) is 14.8. The van der Waals surface area contributed by atoms with Crippen LogP contribution >= 0.6 is 0 Å². The summed E-state index contributed by atoms with van der Waals surface area (Å²) in [6.07, 6.45) is 1.12. The Morgan fingerprint density at radius 2 is 1.15 bits per heavy atom. The maximum Gasteiger partial charge on any atom is 0.761 e. The molecule has 0 unspecified atom stereocenters. The van der Waals surface area contributed by atoms with Gasteiger partial charge in [0.05, 0.1) is 0 Å². The van der Waals surface area contributed by atoms with Crippen LogP contribution in [0.15, 0.2) is 12.2 Å². The van der Waals surface area contributed by atoms with Crippen LogP contribution < -0.4 is 0 Å². The average Bonchev–Trinajstić information content (AvgIpc) is 1.82. The normalized spacial score (nSPS) is 7.69. The Hall–Kier alpha value is -1.18. The Balaban J connectivity index is -0.000000173. The van der Waals surface area contributed by atoms with Crippen molar-refractivity contribution in [3.63, 3.8) is 0 Å². The van der Waals surface area contributed by atoms with Crippen molar-refractivity contribution in [2.45, 2.75) is 0 Å². The van der Waals surface area contributed by atoms with Crippen molar-refractivity contribution in [3.05, 3.63) is 12.2 Å². The topological polar surface area (TPSA) is 132 Å². The van der Waals surface area contributed by atoms with Crippen molar-refractivity contribution in [2.24, 2.45) is 0 Å². The summed E-state index contributed by atoms with van der Waals surface area (Å²) >= 11 is 0. The quantitative estimate of drug-likeness (QED) is 0.332. The van der Waals surface area contributed by atoms with E-state index in [-0.39, 0.29) is 17.1 Å². The van der Waals surface area contributed by atoms with E-state index >= 15 is 0 Å². The standard InChI is InChI=1S/C4H4O4.Fe.H2O3Si/c5-3(6)1-2-4(7)8;;1-4(2)3/h1-2H,(H,5,6)(H,7,8);;1-2H/b2-1+;;. The van der Waals surface area contributed by atoms with Crippen molar-refractivity contribution in [3.8, 4) is 0 Å². The summed E-state index contributed by atoms with van der Waals surface area (Å²) in [6, 6.07) is 0. The molecule has 0 rings (SSSR count). The predicted molar refractivity (Wildman–Crippen MR) is 35.3 cm³/mol. The van der Waals surface area contributed by atoms with Gasteiger partial charge >= 0.3 is 21.1 Å². The van der Waals surface area contributed by atoms with E-state index in [9.17, 15) is 9.59 Å². The summed E-state index contributed by atoms with van der Waals surface area (Å²) in [6.45, 7) is 0. The number of aliphatic carboxylic acids is 2. The average molecular weight is 250 g/mol. The van der Waals surface area contributed by atoms with Crippen LogP contribution in [0.1, 0.15) is 0 Å². The zero-order chi connectivity index (χ0) is 10.1. The third kappa shape index (κ3) is 57.7. The molecular formula is C4H6FeO7Si. The van der Waals surface area contributed by atoms with Gasteiger partial charge in [0.15, 0.2) is 0 Å². The zero-order valence-electron chi connectivity index (χ0n) is 6.02. The van der Waals surface area contributed by atoms with Crippen molar-refractivity contribution in [1.82, 2.24) is 0 Å². The van der Waals surface area contributed by atoms with E-state index in [0.717, 1.165) is 0 Å². The molecular weight excluding hydrogens is 244 g/mol. The van der Waals surface area contributed by atoms with Gasteiger partial charge in [-0.2, -0.15) is 0 Å². The second kappa shape index (κ2) is 10.8. The summed E-state index contributed by atoms with van der Waals surface area (Å²) in [4.78, 5) is 33.4. The van der Waals surface area contributed by atoms with E-state index in [0.29, 0.717) is 12.2 Å². The first-order chi connectivity index (χ1) is 5.36. The third-order valence-corrected chi connectivity index (χ3v) is 0.368. The molecule has 0 aliphatic heterocycles. The van der Waals surface area contributed by atoms with Crippen molar-refractivity contribution < 1.29 is 50.9 Å². The number of carbonyl (C=O) groups is 2. The molecule has 0 fully saturated rings. The van der Waals surface area contributed by atoms with Gasteiger partial charge < -0.3 is 19.8 Å². The molecule has 9 heteroatoms. The smallest absolute Gasteiger partial charge is 0.511 e. The van der Waals surface area contributed by atoms with E-state index < -0.39 is 21.1 Å². The Labute approximate surface area is 84.7 Å². The minimum atomic E-state index is -3.13. The number of rotatable bonds is 2. The van der Waals surface area contributed by atoms with Crippen LogP contribution in [0, 0.1) is 0 Å². The van der Waals surface area contributed by atoms with Crippen LogP contribution in [0.3, 0.4) is 0 Å². The fourth-order valence-corrected chi connectivity index (χ4v) is 0.143. The molecule has 0 aromatic carbocycles. The first-order valence-corrected chi connectivity index (χ1v) is 3.72. The maximum atomic E-state index is 9.55. The monoisotopic (exact) mass is 250 g/mol. The number of hydrogen-bond donors (Lipinski definition) is 4. The fourth-order valence-electron chi connectivity index (χ4n) is 0.143. The summed E-state index contributed by atoms with van der Waals surface area (Å²) < 4.78 is 8.74. The van der Waals surface area contributed by atoms with Crippen LogP contribution in [-0.4, -0.2) is 40.9 Å². The SMILES string of the molecule is O=C(O)/C=C/C(=O)O.O=[Si](O)O.[Fe]. The maximum absolute atomic E-state index is 9.55. The number of carboxylic acid groups (broad SMARTS) is 2. The van der Waals surface area contributed by atoms with Crippen LogP contribution in [0.25, 0.3) is 0 Å². The first kappa shape index (κ1) is 17.8. The van der Waals surface area contributed by atoms with E-state index in [1.165, 1.54) is 0 Å². The molecule has 0 bridgehead atoms. The van der Waals surface area contributed by atoms with Crippen molar-refractivity contribution in [2.75, 3.05) is 0 Å². The molecule has 0 spiro atoms. The van der Waals surface area contributed by atoms with Crippen molar-refractivity contribution in [1.29, 1.82) is 0 Å². The van der Waals surface area contributed by atoms with E-state index in [2.05, 4.69) is 0 Å². The molecule has 7 nitrogen and oxygen atoms in total. The zero-order valence-corrected chi connectivity index (χ0v) is 8.13. The summed E-state index contributed by atoms with van der Waals surface area (Å²) in [5, 5.41) is 15.6. The molecule has 0 radical (unpaired) electrons. The van der Waals surface area contributed by atoms with E-state index in [1.54, 1.807) is 0 Å². The molecule has 4 N–H and O–H groups in total. The fraction of sp³-hybridized carbons (Fsp3) is 0. The van der Waals surface area contributed by atoms with E-state index in [1.807, 2.05) is 0 Å². The van der Waals surface area contributed by atoms with Crippen LogP contribution in [-0.2, 0) is 31.1 Å². The van der Waals surface area contributed by atoms with Crippen LogP contribution in [0.4, 0.5) is 0 Å². The molecule has 13 heavy (non-hydrogen) atoms. The van der Waals surface area contributed by atoms with Gasteiger partial charge in [0.2, 0.25) is 0 Å². The summed E-state index contributed by atoms with van der Waals surface area (Å²) in [5.41, 5.74) is 0. The number of carboxylic acids is 2. The van der Waals surface area contributed by atoms with Gasteiger partial charge in [-0.15, -0.1) is 0 Å². The van der Waals surface area contributed by atoms with Crippen LogP contribution in [0.2, 0.25) is 0 Å². The summed E-state index contributed by atoms with van der Waals surface area (Å²) in [7, 11) is -3.13. The molecule has 0 aromatic rings. The van der Waals surface area contributed by atoms with Gasteiger partial charge in [-0.05, 0) is 0 Å². The molecule has 0 aromatic heterocycles. The third-order valence-electron chi connectivity index (χ3n) is 0.368. The van der Waals surface area contributed by atoms with E-state index in [4.69, 9.17) is 24.3 Å². The van der Waals surface area contributed by atoms with Crippen LogP contribution in [0.5, 0.6) is 0 Å². The minimum absolute atomic E-state index is 0. The molecule has 0 heterocycles. The first-order valence-electron chi connectivity index (χ1n) is 2.42. The number of hydrogen-bond acceptors (Lipinski definition) is 3. The molecule has 0 saturated heterocycles. The molecule has 76 valence electrons. The Morgan fingerprint density at radius 3 is 1.23 bits per heavy atom. The van der Waals surface area contributed by atoms with Crippen molar-refractivity contribution >= 4 is 21.1 Å². The van der Waals surface area contributed by atoms with Gasteiger partial charge in [-0.3, -0.25) is 4.46 Å². The van der Waals surface area contributed by atoms with Gasteiger partial charge in [0.25, 0.3) is 0 Å². The Bertz CT molecular complexity index is 193. The minimum Gasteiger partial charge on any atom is -0.511 e. The van der Waals surface area contributed by atoms with Gasteiger partial charge in [-0.1, -0.05) is 0 Å². The molecule has 0 atom stereocenters. The Morgan fingerprint density at radius 1 is 1.00 bits per heavy atom. The van der Waals surface area contributed by atoms with Gasteiger partial charge in [-0.25, -0.2) is 9.59 Å². The summed E-state index contributed by atoms with van der Waals surface area (Å²) in [5.74, 6) is -2.51. The largest absolute Gasteiger partial charge is 0.761 e.